The fourth-order valence-corrected chi connectivity index (χ4v) is 3.53. The number of hydrogen-bond acceptors (Lipinski definition) is 4. The number of hydrogen-bond donors (Lipinski definition) is 1. The van der Waals surface area contributed by atoms with E-state index in [9.17, 15) is 14.7 Å². The average Bonchev–Trinajstić information content (AvgIpc) is 3.02. The molecule has 0 spiro atoms. The van der Waals surface area contributed by atoms with Gasteiger partial charge in [-0.15, -0.1) is 0 Å². The van der Waals surface area contributed by atoms with Crippen LogP contribution in [0.4, 0.5) is 0 Å². The van der Waals surface area contributed by atoms with Crippen LogP contribution in [0.5, 0.6) is 5.75 Å². The molecule has 6 nitrogen and oxygen atoms in total. The summed E-state index contributed by atoms with van der Waals surface area (Å²) in [7, 11) is 1.44. The van der Waals surface area contributed by atoms with Crippen molar-refractivity contribution in [3.8, 4) is 5.75 Å². The zero-order valence-corrected chi connectivity index (χ0v) is 17.2. The lowest BCUT2D eigenvalue weighted by Crippen LogP contribution is -2.18. The molecule has 7 heteroatoms. The predicted molar refractivity (Wildman–Crippen MR) is 106 cm³/mol. The molecule has 2 aromatic rings. The van der Waals surface area contributed by atoms with Gasteiger partial charge in [-0.2, -0.15) is 4.99 Å². The fraction of sp³-hybridized carbons (Fsp3) is 0.450. The summed E-state index contributed by atoms with van der Waals surface area (Å²) >= 11 is 1.44. The molecule has 2 rings (SSSR count). The van der Waals surface area contributed by atoms with Crippen LogP contribution in [0.2, 0.25) is 0 Å². The molecule has 0 radical (unpaired) electrons. The van der Waals surface area contributed by atoms with Crippen LogP contribution in [-0.4, -0.2) is 28.0 Å². The Kier molecular flexibility index (Phi) is 6.59. The van der Waals surface area contributed by atoms with Gasteiger partial charge in [0.1, 0.15) is 10.4 Å². The van der Waals surface area contributed by atoms with E-state index in [1.807, 2.05) is 0 Å². The molecule has 1 aromatic heterocycles. The zero-order chi connectivity index (χ0) is 20.2. The van der Waals surface area contributed by atoms with Gasteiger partial charge in [-0.3, -0.25) is 8.75 Å². The van der Waals surface area contributed by atoms with Crippen LogP contribution in [0.1, 0.15) is 66.8 Å². The van der Waals surface area contributed by atoms with Crippen LogP contribution in [0, 0.1) is 0 Å². The van der Waals surface area contributed by atoms with E-state index in [1.165, 1.54) is 36.8 Å². The maximum Gasteiger partial charge on any atom is 0.335 e. The van der Waals surface area contributed by atoms with Gasteiger partial charge < -0.3 is 9.84 Å². The number of benzene rings is 1. The standard InChI is InChI=1S/C20H26N2O4S/c1-6-7-8-14-12-22(20(2,3)4)27-18(14)21-17(23)15-11-13(19(24)25)9-10-16(15)26-5/h9-12H,6-8H2,1-5H3,(H,24,25). The van der Waals surface area contributed by atoms with Crippen molar-refractivity contribution in [2.24, 2.45) is 4.99 Å². The largest absolute Gasteiger partial charge is 0.496 e. The summed E-state index contributed by atoms with van der Waals surface area (Å²) in [4.78, 5) is 28.4. The summed E-state index contributed by atoms with van der Waals surface area (Å²) in [6.45, 7) is 8.41. The monoisotopic (exact) mass is 390 g/mol. The number of carboxylic acid groups (broad SMARTS) is 1. The van der Waals surface area contributed by atoms with Crippen molar-refractivity contribution >= 4 is 23.4 Å². The zero-order valence-electron chi connectivity index (χ0n) is 16.4. The highest BCUT2D eigenvalue weighted by Crippen LogP contribution is 2.22. The minimum atomic E-state index is -1.10. The number of unbranched alkanes of at least 4 members (excludes halogenated alkanes) is 1. The van der Waals surface area contributed by atoms with E-state index in [4.69, 9.17) is 4.74 Å². The number of aromatic nitrogens is 1. The van der Waals surface area contributed by atoms with Crippen LogP contribution in [-0.2, 0) is 12.0 Å². The van der Waals surface area contributed by atoms with E-state index in [2.05, 4.69) is 42.8 Å². The Hall–Kier alpha value is -2.41. The van der Waals surface area contributed by atoms with Crippen molar-refractivity contribution in [3.63, 3.8) is 0 Å². The van der Waals surface area contributed by atoms with Crippen LogP contribution in [0.3, 0.4) is 0 Å². The molecular formula is C20H26N2O4S. The molecule has 1 aromatic carbocycles. The number of carbonyl (C=O) groups excluding carboxylic acids is 1. The van der Waals surface area contributed by atoms with Gasteiger partial charge in [0.05, 0.1) is 18.2 Å². The van der Waals surface area contributed by atoms with Gasteiger partial charge in [-0.1, -0.05) is 13.3 Å². The normalized spacial score (nSPS) is 12.3. The second-order valence-corrected chi connectivity index (χ2v) is 8.25. The van der Waals surface area contributed by atoms with E-state index in [0.717, 1.165) is 24.8 Å². The van der Waals surface area contributed by atoms with E-state index in [1.54, 1.807) is 0 Å². The van der Waals surface area contributed by atoms with Crippen LogP contribution < -0.4 is 9.41 Å². The summed E-state index contributed by atoms with van der Waals surface area (Å²) in [5.41, 5.74) is 1.09. The topological polar surface area (TPSA) is 80.9 Å². The number of aromatic carboxylic acids is 1. The number of carboxylic acids is 1. The lowest BCUT2D eigenvalue weighted by Gasteiger charge is -2.19. The quantitative estimate of drug-likeness (QED) is 0.805. The molecule has 1 amide bonds. The number of ether oxygens (including phenoxy) is 1. The van der Waals surface area contributed by atoms with Gasteiger partial charge in [-0.25, -0.2) is 4.79 Å². The van der Waals surface area contributed by atoms with Crippen molar-refractivity contribution in [3.05, 3.63) is 45.8 Å². The van der Waals surface area contributed by atoms with Crippen molar-refractivity contribution in [1.29, 1.82) is 0 Å². The van der Waals surface area contributed by atoms with E-state index < -0.39 is 11.9 Å². The Labute approximate surface area is 163 Å². The SMILES string of the molecule is CCCCc1cn(C(C)(C)C)sc1=NC(=O)c1cc(C(=O)O)ccc1OC. The maximum absolute atomic E-state index is 12.8. The molecule has 0 fully saturated rings. The van der Waals surface area contributed by atoms with Gasteiger partial charge in [0.15, 0.2) is 0 Å². The van der Waals surface area contributed by atoms with Crippen molar-refractivity contribution in [1.82, 2.24) is 3.96 Å². The Morgan fingerprint density at radius 3 is 2.56 bits per heavy atom. The lowest BCUT2D eigenvalue weighted by atomic mass is 10.1. The molecule has 0 saturated carbocycles. The summed E-state index contributed by atoms with van der Waals surface area (Å²) in [6.07, 6.45) is 4.95. The summed E-state index contributed by atoms with van der Waals surface area (Å²) in [5.74, 6) is -1.29. The second-order valence-electron chi connectivity index (χ2n) is 7.29. The van der Waals surface area contributed by atoms with Gasteiger partial charge in [-0.05, 0) is 63.3 Å². The summed E-state index contributed by atoms with van der Waals surface area (Å²) in [6, 6.07) is 4.20. The third-order valence-electron chi connectivity index (χ3n) is 4.07. The number of carbonyl (C=O) groups is 2. The number of rotatable bonds is 6. The molecule has 1 heterocycles. The number of aryl methyl sites for hydroxylation is 1. The van der Waals surface area contributed by atoms with Crippen molar-refractivity contribution in [2.75, 3.05) is 7.11 Å². The first-order valence-electron chi connectivity index (χ1n) is 8.90. The first-order chi connectivity index (χ1) is 12.7. The fourth-order valence-electron chi connectivity index (χ4n) is 2.50. The summed E-state index contributed by atoms with van der Waals surface area (Å²) in [5, 5.41) is 9.19. The smallest absolute Gasteiger partial charge is 0.335 e. The first-order valence-corrected chi connectivity index (χ1v) is 9.67. The molecular weight excluding hydrogens is 364 g/mol. The third-order valence-corrected chi connectivity index (χ3v) is 5.45. The molecule has 0 aliphatic rings. The Bertz CT molecular complexity index is 903. The molecule has 0 unspecified atom stereocenters. The third kappa shape index (κ3) is 5.07. The maximum atomic E-state index is 12.8. The van der Waals surface area contributed by atoms with Gasteiger partial charge in [0.2, 0.25) is 0 Å². The highest BCUT2D eigenvalue weighted by Gasteiger charge is 2.18. The average molecular weight is 391 g/mol. The molecule has 0 aliphatic carbocycles. The Morgan fingerprint density at radius 2 is 2.00 bits per heavy atom. The minimum Gasteiger partial charge on any atom is -0.496 e. The molecule has 146 valence electrons. The number of nitrogens with zero attached hydrogens (tertiary/aromatic N) is 2. The highest BCUT2D eigenvalue weighted by atomic mass is 32.1. The van der Waals surface area contributed by atoms with Gasteiger partial charge >= 0.3 is 5.97 Å². The van der Waals surface area contributed by atoms with Crippen LogP contribution in [0.15, 0.2) is 29.4 Å². The Balaban J connectivity index is 2.54. The molecule has 27 heavy (non-hydrogen) atoms. The molecule has 1 N–H and O–H groups in total. The second kappa shape index (κ2) is 8.52. The molecule has 0 bridgehead atoms. The van der Waals surface area contributed by atoms with Crippen LogP contribution in [0.25, 0.3) is 0 Å². The highest BCUT2D eigenvalue weighted by molar-refractivity contribution is 7.04. The summed E-state index contributed by atoms with van der Waals surface area (Å²) < 4.78 is 7.97. The van der Waals surface area contributed by atoms with E-state index >= 15 is 0 Å². The van der Waals surface area contributed by atoms with E-state index in [0.29, 0.717) is 10.4 Å². The van der Waals surface area contributed by atoms with Crippen LogP contribution >= 0.6 is 11.5 Å². The first kappa shape index (κ1) is 20.9. The van der Waals surface area contributed by atoms with Gasteiger partial charge in [0.25, 0.3) is 5.91 Å². The number of methoxy groups -OCH3 is 1. The minimum absolute atomic E-state index is 0.0245. The van der Waals surface area contributed by atoms with Gasteiger partial charge in [0, 0.05) is 17.3 Å². The predicted octanol–water partition coefficient (Wildman–Crippen LogP) is 4.10. The number of amides is 1. The van der Waals surface area contributed by atoms with Crippen molar-refractivity contribution in [2.45, 2.75) is 52.5 Å². The molecule has 0 atom stereocenters. The molecule has 0 saturated heterocycles. The Morgan fingerprint density at radius 1 is 1.30 bits per heavy atom. The van der Waals surface area contributed by atoms with Crippen molar-refractivity contribution < 1.29 is 19.4 Å². The lowest BCUT2D eigenvalue weighted by molar-refractivity contribution is 0.0697. The van der Waals surface area contributed by atoms with E-state index in [-0.39, 0.29) is 16.7 Å². The molecule has 0 aliphatic heterocycles.